The number of carbonyl (C=O) groups is 2. The van der Waals surface area contributed by atoms with Gasteiger partial charge in [0.15, 0.2) is 5.41 Å². The number of thioether (sulfide) groups is 1. The van der Waals surface area contributed by atoms with E-state index in [2.05, 4.69) is 13.8 Å². The molecule has 0 aromatic heterocycles. The predicted octanol–water partition coefficient (Wildman–Crippen LogP) is 4.46. The maximum atomic E-state index is 12.5. The zero-order valence-corrected chi connectivity index (χ0v) is 16.6. The molecule has 0 heterocycles. The molecular weight excluding hydrogens is 324 g/mol. The van der Waals surface area contributed by atoms with Crippen LogP contribution in [0.3, 0.4) is 0 Å². The van der Waals surface area contributed by atoms with E-state index in [1.807, 2.05) is 11.8 Å². The topological polar surface area (TPSA) is 52.6 Å². The number of esters is 2. The summed E-state index contributed by atoms with van der Waals surface area (Å²) >= 11 is 1.95. The highest BCUT2D eigenvalue weighted by Crippen LogP contribution is 2.48. The van der Waals surface area contributed by atoms with Crippen molar-refractivity contribution in [3.8, 4) is 0 Å². The minimum Gasteiger partial charge on any atom is -0.465 e. The summed E-state index contributed by atoms with van der Waals surface area (Å²) in [6.45, 7) is 8.51. The molecule has 4 nitrogen and oxygen atoms in total. The van der Waals surface area contributed by atoms with E-state index in [0.717, 1.165) is 11.5 Å². The highest BCUT2D eigenvalue weighted by Gasteiger charge is 2.56. The molecule has 5 heteroatoms. The van der Waals surface area contributed by atoms with Gasteiger partial charge in [-0.15, -0.1) is 0 Å². The van der Waals surface area contributed by atoms with Crippen molar-refractivity contribution in [3.05, 3.63) is 0 Å². The second-order valence-electron chi connectivity index (χ2n) is 6.80. The van der Waals surface area contributed by atoms with E-state index in [0.29, 0.717) is 37.9 Å². The van der Waals surface area contributed by atoms with E-state index in [1.54, 1.807) is 13.8 Å². The van der Waals surface area contributed by atoms with Crippen LogP contribution < -0.4 is 0 Å². The van der Waals surface area contributed by atoms with Crippen molar-refractivity contribution >= 4 is 23.7 Å². The molecule has 1 rings (SSSR count). The highest BCUT2D eigenvalue weighted by atomic mass is 32.2. The first-order valence-electron chi connectivity index (χ1n) is 9.44. The number of hydrogen-bond donors (Lipinski definition) is 0. The average molecular weight is 359 g/mol. The molecule has 0 aliphatic heterocycles. The minimum absolute atomic E-state index is 0.297. The SMILES string of the molecule is CCCCCCSCC1CC(C(=O)OCC)(C(=O)OCC)CC1C. The summed E-state index contributed by atoms with van der Waals surface area (Å²) in [4.78, 5) is 25.0. The molecule has 1 aliphatic carbocycles. The third-order valence-electron chi connectivity index (χ3n) is 4.89. The summed E-state index contributed by atoms with van der Waals surface area (Å²) in [5.74, 6) is 2.08. The van der Waals surface area contributed by atoms with Gasteiger partial charge in [0.2, 0.25) is 0 Å². The Kier molecular flexibility index (Phi) is 9.79. The molecular formula is C19H34O4S. The summed E-state index contributed by atoms with van der Waals surface area (Å²) in [6, 6.07) is 0. The van der Waals surface area contributed by atoms with Crippen molar-refractivity contribution in [1.82, 2.24) is 0 Å². The normalized spacial score (nSPS) is 22.3. The van der Waals surface area contributed by atoms with Crippen LogP contribution in [-0.2, 0) is 19.1 Å². The van der Waals surface area contributed by atoms with Crippen LogP contribution in [-0.4, -0.2) is 36.7 Å². The first kappa shape index (κ1) is 21.3. The van der Waals surface area contributed by atoms with Crippen molar-refractivity contribution in [1.29, 1.82) is 0 Å². The van der Waals surface area contributed by atoms with Crippen molar-refractivity contribution < 1.29 is 19.1 Å². The third-order valence-corrected chi connectivity index (χ3v) is 6.13. The van der Waals surface area contributed by atoms with E-state index >= 15 is 0 Å². The number of hydrogen-bond acceptors (Lipinski definition) is 5. The van der Waals surface area contributed by atoms with Crippen molar-refractivity contribution in [2.45, 2.75) is 66.2 Å². The van der Waals surface area contributed by atoms with E-state index in [1.165, 1.54) is 25.7 Å². The monoisotopic (exact) mass is 358 g/mol. The van der Waals surface area contributed by atoms with E-state index in [-0.39, 0.29) is 0 Å². The van der Waals surface area contributed by atoms with Crippen LogP contribution in [0, 0.1) is 17.3 Å². The molecule has 0 amide bonds. The Morgan fingerprint density at radius 1 is 1.00 bits per heavy atom. The van der Waals surface area contributed by atoms with Crippen LogP contribution >= 0.6 is 11.8 Å². The second kappa shape index (κ2) is 11.0. The molecule has 0 aromatic rings. The molecule has 0 spiro atoms. The lowest BCUT2D eigenvalue weighted by Gasteiger charge is -2.24. The number of carbonyl (C=O) groups excluding carboxylic acids is 2. The number of unbranched alkanes of at least 4 members (excludes halogenated alkanes) is 3. The van der Waals surface area contributed by atoms with Gasteiger partial charge in [0.05, 0.1) is 13.2 Å². The first-order chi connectivity index (χ1) is 11.5. The van der Waals surface area contributed by atoms with Gasteiger partial charge in [0.25, 0.3) is 0 Å². The Hall–Kier alpha value is -0.710. The standard InChI is InChI=1S/C19H34O4S/c1-5-8-9-10-11-24-14-16-13-19(12-15(16)4,17(20)22-6-2)18(21)23-7-3/h15-16H,5-14H2,1-4H3. The fourth-order valence-electron chi connectivity index (χ4n) is 3.49. The molecule has 1 aliphatic rings. The Morgan fingerprint density at radius 3 is 2.17 bits per heavy atom. The average Bonchev–Trinajstić information content (AvgIpc) is 2.89. The van der Waals surface area contributed by atoms with Crippen LogP contribution in [0.25, 0.3) is 0 Å². The molecule has 1 fully saturated rings. The van der Waals surface area contributed by atoms with Crippen LogP contribution in [0.5, 0.6) is 0 Å². The number of rotatable bonds is 11. The molecule has 0 bridgehead atoms. The van der Waals surface area contributed by atoms with Gasteiger partial charge in [0.1, 0.15) is 0 Å². The molecule has 0 radical (unpaired) electrons. The fourth-order valence-corrected chi connectivity index (χ4v) is 4.82. The third kappa shape index (κ3) is 5.68. The molecule has 2 unspecified atom stereocenters. The maximum absolute atomic E-state index is 12.5. The summed E-state index contributed by atoms with van der Waals surface area (Å²) in [7, 11) is 0. The Balaban J connectivity index is 2.62. The largest absolute Gasteiger partial charge is 0.465 e. The fraction of sp³-hybridized carbons (Fsp3) is 0.895. The van der Waals surface area contributed by atoms with Crippen LogP contribution in [0.2, 0.25) is 0 Å². The van der Waals surface area contributed by atoms with Crippen molar-refractivity contribution in [3.63, 3.8) is 0 Å². The van der Waals surface area contributed by atoms with Gasteiger partial charge in [-0.05, 0) is 56.5 Å². The van der Waals surface area contributed by atoms with Gasteiger partial charge in [-0.3, -0.25) is 9.59 Å². The lowest BCUT2D eigenvalue weighted by atomic mass is 9.85. The van der Waals surface area contributed by atoms with Crippen LogP contribution in [0.1, 0.15) is 66.2 Å². The van der Waals surface area contributed by atoms with E-state index in [9.17, 15) is 9.59 Å². The molecule has 140 valence electrons. The minimum atomic E-state index is -1.08. The molecule has 24 heavy (non-hydrogen) atoms. The smallest absolute Gasteiger partial charge is 0.323 e. The summed E-state index contributed by atoms with van der Waals surface area (Å²) in [6.07, 6.45) is 6.21. The van der Waals surface area contributed by atoms with Crippen LogP contribution in [0.15, 0.2) is 0 Å². The van der Waals surface area contributed by atoms with Crippen LogP contribution in [0.4, 0.5) is 0 Å². The Labute approximate surface area is 151 Å². The predicted molar refractivity (Wildman–Crippen MR) is 99.1 cm³/mol. The number of ether oxygens (including phenoxy) is 2. The highest BCUT2D eigenvalue weighted by molar-refractivity contribution is 7.99. The lowest BCUT2D eigenvalue weighted by Crippen LogP contribution is -2.40. The zero-order chi connectivity index (χ0) is 18.0. The molecule has 0 N–H and O–H groups in total. The first-order valence-corrected chi connectivity index (χ1v) is 10.6. The summed E-state index contributed by atoms with van der Waals surface area (Å²) < 4.78 is 10.4. The summed E-state index contributed by atoms with van der Waals surface area (Å²) in [5, 5.41) is 0. The Bertz CT molecular complexity index is 379. The van der Waals surface area contributed by atoms with Gasteiger partial charge < -0.3 is 9.47 Å². The van der Waals surface area contributed by atoms with Crippen molar-refractivity contribution in [2.24, 2.45) is 17.3 Å². The maximum Gasteiger partial charge on any atom is 0.323 e. The van der Waals surface area contributed by atoms with Gasteiger partial charge in [0, 0.05) is 0 Å². The van der Waals surface area contributed by atoms with Gasteiger partial charge >= 0.3 is 11.9 Å². The molecule has 1 saturated carbocycles. The Morgan fingerprint density at radius 2 is 1.62 bits per heavy atom. The quantitative estimate of drug-likeness (QED) is 0.310. The van der Waals surface area contributed by atoms with Crippen molar-refractivity contribution in [2.75, 3.05) is 24.7 Å². The summed E-state index contributed by atoms with van der Waals surface area (Å²) in [5.41, 5.74) is -1.08. The zero-order valence-electron chi connectivity index (χ0n) is 15.8. The van der Waals surface area contributed by atoms with Gasteiger partial charge in [-0.2, -0.15) is 11.8 Å². The lowest BCUT2D eigenvalue weighted by molar-refractivity contribution is -0.172. The molecule has 0 aromatic carbocycles. The van der Waals surface area contributed by atoms with Gasteiger partial charge in [-0.1, -0.05) is 33.1 Å². The molecule has 0 saturated heterocycles. The second-order valence-corrected chi connectivity index (χ2v) is 7.95. The molecule has 2 atom stereocenters. The van der Waals surface area contributed by atoms with Gasteiger partial charge in [-0.25, -0.2) is 0 Å². The van der Waals surface area contributed by atoms with E-state index < -0.39 is 17.4 Å². The van der Waals surface area contributed by atoms with E-state index in [4.69, 9.17) is 9.47 Å².